The largest absolute Gasteiger partial charge is 0.368 e. The van der Waals surface area contributed by atoms with Gasteiger partial charge in [-0.05, 0) is 76.6 Å². The van der Waals surface area contributed by atoms with E-state index in [0.717, 1.165) is 37.6 Å². The van der Waals surface area contributed by atoms with Gasteiger partial charge in [0.25, 0.3) is 5.91 Å². The minimum atomic E-state index is -0.186. The number of rotatable bonds is 5. The van der Waals surface area contributed by atoms with Crippen molar-refractivity contribution in [2.75, 3.05) is 62.7 Å². The van der Waals surface area contributed by atoms with Crippen LogP contribution in [-0.4, -0.2) is 101 Å². The van der Waals surface area contributed by atoms with Crippen LogP contribution < -0.4 is 9.80 Å². The van der Waals surface area contributed by atoms with Gasteiger partial charge < -0.3 is 24.3 Å². The molecule has 4 fully saturated rings. The van der Waals surface area contributed by atoms with Crippen molar-refractivity contribution >= 4 is 17.5 Å². The minimum Gasteiger partial charge on any atom is -0.368 e. The van der Waals surface area contributed by atoms with Gasteiger partial charge in [0, 0.05) is 81.7 Å². The Morgan fingerprint density at radius 3 is 1.82 bits per heavy atom. The summed E-state index contributed by atoms with van der Waals surface area (Å²) in [5.41, 5.74) is 1.54. The van der Waals surface area contributed by atoms with E-state index in [4.69, 9.17) is 4.74 Å². The number of anilines is 2. The van der Waals surface area contributed by atoms with Crippen LogP contribution in [0.4, 0.5) is 11.6 Å². The van der Waals surface area contributed by atoms with Crippen LogP contribution in [0, 0.1) is 16.2 Å². The van der Waals surface area contributed by atoms with E-state index in [1.165, 1.54) is 32.6 Å². The maximum Gasteiger partial charge on any atom is 0.252 e. The van der Waals surface area contributed by atoms with Gasteiger partial charge in [0.05, 0.1) is 0 Å². The first kappa shape index (κ1) is 42.4. The molecule has 0 bridgehead atoms. The van der Waals surface area contributed by atoms with Gasteiger partial charge in [0.1, 0.15) is 24.1 Å². The van der Waals surface area contributed by atoms with Crippen molar-refractivity contribution in [1.82, 2.24) is 24.8 Å². The summed E-state index contributed by atoms with van der Waals surface area (Å²) in [6, 6.07) is 8.73. The van der Waals surface area contributed by atoms with Crippen molar-refractivity contribution in [2.24, 2.45) is 16.2 Å². The van der Waals surface area contributed by atoms with Crippen LogP contribution in [0.5, 0.6) is 0 Å². The van der Waals surface area contributed by atoms with Crippen LogP contribution in [0.25, 0.3) is 0 Å². The summed E-state index contributed by atoms with van der Waals surface area (Å²) in [5, 5.41) is 0. The Balaban J connectivity index is 0.000000226. The fourth-order valence-corrected chi connectivity index (χ4v) is 5.81. The Morgan fingerprint density at radius 2 is 1.43 bits per heavy atom. The van der Waals surface area contributed by atoms with Crippen LogP contribution in [0.15, 0.2) is 43.0 Å². The molecular formula is C40H71N7O2. The van der Waals surface area contributed by atoms with Crippen LogP contribution in [0.2, 0.25) is 0 Å². The highest BCUT2D eigenvalue weighted by molar-refractivity contribution is 5.83. The fraction of sp³-hybridized carbons (Fsp3) is 0.750. The zero-order chi connectivity index (χ0) is 37.0. The van der Waals surface area contributed by atoms with E-state index in [9.17, 15) is 4.79 Å². The molecule has 278 valence electrons. The van der Waals surface area contributed by atoms with Crippen molar-refractivity contribution in [2.45, 2.75) is 127 Å². The van der Waals surface area contributed by atoms with Gasteiger partial charge in [0.2, 0.25) is 0 Å². The number of ether oxygens (including phenoxy) is 1. The second-order valence-corrected chi connectivity index (χ2v) is 18.4. The molecule has 0 radical (unpaired) electrons. The van der Waals surface area contributed by atoms with Gasteiger partial charge in [-0.1, -0.05) is 68.4 Å². The summed E-state index contributed by atoms with van der Waals surface area (Å²) in [6.07, 6.45) is 8.16. The highest BCUT2D eigenvalue weighted by atomic mass is 16.5. The number of pyridine rings is 1. The number of hydrogen-bond donors (Lipinski definition) is 0. The Kier molecular flexibility index (Phi) is 16.0. The number of carbonyl (C=O) groups excluding carboxylic acids is 1. The Hall–Kier alpha value is -2.78. The van der Waals surface area contributed by atoms with E-state index in [2.05, 4.69) is 139 Å². The lowest BCUT2D eigenvalue weighted by atomic mass is 9.73. The van der Waals surface area contributed by atoms with Crippen molar-refractivity contribution in [3.63, 3.8) is 0 Å². The first-order valence-electron chi connectivity index (χ1n) is 18.4. The standard InChI is InChI=1S/C11H15N3.C11H21NO2.C8H11N3.2C5H12/c1-13-6-11(7-13)8-14(9-11)10-4-2-3-5-12-10;1-5-8-14-9-6-7-12(10(9)13)11(2,3)4;1-7-3-5-11(7)8-2-4-9-6-10-8;2*1-5(2,3)4/h2-5H,6-9H2,1H3;9H,5-8H2,1-4H3;2,4,6-7H,3,5H2,1H3;2*1-4H3/t;;7-;;/m..0../s1. The van der Waals surface area contributed by atoms with E-state index in [-0.39, 0.29) is 17.6 Å². The van der Waals surface area contributed by atoms with Gasteiger partial charge in [-0.3, -0.25) is 4.79 Å². The first-order valence-corrected chi connectivity index (χ1v) is 18.4. The molecular weight excluding hydrogens is 610 g/mol. The lowest BCUT2D eigenvalue weighted by Crippen LogP contribution is -2.71. The SMILES string of the molecule is CC(C)(C)C.CC(C)(C)C.CCCOC1CCN(C(C)(C)C)C1=O.CN1CC2(C1)CN(c1ccccn1)C2.C[C@H]1CCN1c1ccncn1. The summed E-state index contributed by atoms with van der Waals surface area (Å²) >= 11 is 0. The van der Waals surface area contributed by atoms with Gasteiger partial charge in [-0.2, -0.15) is 0 Å². The first-order chi connectivity index (χ1) is 22.6. The molecule has 2 atom stereocenters. The molecule has 0 aliphatic carbocycles. The van der Waals surface area contributed by atoms with Crippen molar-refractivity contribution in [3.05, 3.63) is 43.0 Å². The van der Waals surface area contributed by atoms with E-state index < -0.39 is 0 Å². The molecule has 6 heterocycles. The number of nitrogens with zero attached hydrogens (tertiary/aromatic N) is 7. The van der Waals surface area contributed by atoms with E-state index in [1.54, 1.807) is 12.5 Å². The highest BCUT2D eigenvalue weighted by Gasteiger charge is 2.50. The number of carbonyl (C=O) groups is 1. The Morgan fingerprint density at radius 1 is 0.816 bits per heavy atom. The van der Waals surface area contributed by atoms with Gasteiger partial charge in [-0.25, -0.2) is 15.0 Å². The van der Waals surface area contributed by atoms with Crippen LogP contribution >= 0.6 is 0 Å². The molecule has 0 saturated carbocycles. The highest BCUT2D eigenvalue weighted by Crippen LogP contribution is 2.40. The van der Waals surface area contributed by atoms with Crippen molar-refractivity contribution in [1.29, 1.82) is 0 Å². The lowest BCUT2D eigenvalue weighted by molar-refractivity contribution is -0.141. The summed E-state index contributed by atoms with van der Waals surface area (Å²) in [6.45, 7) is 35.5. The predicted molar refractivity (Wildman–Crippen MR) is 206 cm³/mol. The zero-order valence-corrected chi connectivity index (χ0v) is 33.7. The van der Waals surface area contributed by atoms with Crippen molar-refractivity contribution in [3.8, 4) is 0 Å². The average Bonchev–Trinajstić information content (AvgIpc) is 3.33. The number of aromatic nitrogens is 3. The summed E-state index contributed by atoms with van der Waals surface area (Å²) < 4.78 is 5.50. The van der Waals surface area contributed by atoms with Crippen LogP contribution in [0.1, 0.15) is 109 Å². The van der Waals surface area contributed by atoms with Crippen LogP contribution in [-0.2, 0) is 9.53 Å². The molecule has 6 rings (SSSR count). The molecule has 2 aromatic rings. The second kappa shape index (κ2) is 18.5. The predicted octanol–water partition coefficient (Wildman–Crippen LogP) is 7.83. The minimum absolute atomic E-state index is 0.0680. The Labute approximate surface area is 300 Å². The number of likely N-dealkylation sites (tertiary alicyclic amines) is 2. The molecule has 0 aromatic carbocycles. The third-order valence-electron chi connectivity index (χ3n) is 7.91. The summed E-state index contributed by atoms with van der Waals surface area (Å²) in [7, 11) is 2.19. The third-order valence-corrected chi connectivity index (χ3v) is 7.91. The normalized spacial score (nSPS) is 21.3. The quantitative estimate of drug-likeness (QED) is 0.316. The fourth-order valence-electron chi connectivity index (χ4n) is 5.81. The topological polar surface area (TPSA) is 77.9 Å². The van der Waals surface area contributed by atoms with E-state index in [1.807, 2.05) is 23.2 Å². The molecule has 9 heteroatoms. The average molecular weight is 682 g/mol. The van der Waals surface area contributed by atoms with Crippen molar-refractivity contribution < 1.29 is 9.53 Å². The molecule has 1 amide bonds. The molecule has 4 aliphatic heterocycles. The monoisotopic (exact) mass is 682 g/mol. The van der Waals surface area contributed by atoms with Crippen LogP contribution in [0.3, 0.4) is 0 Å². The summed E-state index contributed by atoms with van der Waals surface area (Å²) in [4.78, 5) is 33.2. The van der Waals surface area contributed by atoms with E-state index in [0.29, 0.717) is 28.9 Å². The number of amides is 1. The summed E-state index contributed by atoms with van der Waals surface area (Å²) in [5.74, 6) is 2.34. The number of hydrogen-bond acceptors (Lipinski definition) is 8. The molecule has 4 aliphatic rings. The molecule has 9 nitrogen and oxygen atoms in total. The maximum atomic E-state index is 11.9. The molecule has 4 saturated heterocycles. The molecule has 1 spiro atoms. The molecule has 0 N–H and O–H groups in total. The molecule has 2 aromatic heterocycles. The van der Waals surface area contributed by atoms with Gasteiger partial charge in [0.15, 0.2) is 0 Å². The zero-order valence-electron chi connectivity index (χ0n) is 33.7. The maximum absolute atomic E-state index is 11.9. The molecule has 1 unspecified atom stereocenters. The molecule has 49 heavy (non-hydrogen) atoms. The lowest BCUT2D eigenvalue weighted by Gasteiger charge is -2.59. The Bertz CT molecular complexity index is 1180. The smallest absolute Gasteiger partial charge is 0.252 e. The second-order valence-electron chi connectivity index (χ2n) is 18.4. The van der Waals surface area contributed by atoms with E-state index >= 15 is 0 Å². The third kappa shape index (κ3) is 15.8. The van der Waals surface area contributed by atoms with Gasteiger partial charge in [-0.15, -0.1) is 0 Å². The van der Waals surface area contributed by atoms with Gasteiger partial charge >= 0.3 is 0 Å².